The van der Waals surface area contributed by atoms with Crippen LogP contribution in [0.5, 0.6) is 5.75 Å². The van der Waals surface area contributed by atoms with E-state index in [9.17, 15) is 14.7 Å². The summed E-state index contributed by atoms with van der Waals surface area (Å²) >= 11 is 0. The van der Waals surface area contributed by atoms with Gasteiger partial charge in [0.05, 0.1) is 19.8 Å². The van der Waals surface area contributed by atoms with E-state index >= 15 is 0 Å². The molecule has 2 aromatic carbocycles. The Balaban J connectivity index is 1.47. The van der Waals surface area contributed by atoms with Crippen molar-refractivity contribution in [2.75, 3.05) is 25.6 Å². The van der Waals surface area contributed by atoms with E-state index in [-0.39, 0.29) is 25.0 Å². The number of ether oxygens (including phenoxy) is 2. The van der Waals surface area contributed by atoms with E-state index < -0.39 is 12.1 Å². The van der Waals surface area contributed by atoms with Gasteiger partial charge in [-0.2, -0.15) is 5.10 Å². The van der Waals surface area contributed by atoms with Gasteiger partial charge in [0, 0.05) is 25.0 Å². The van der Waals surface area contributed by atoms with Gasteiger partial charge in [-0.15, -0.1) is 0 Å². The van der Waals surface area contributed by atoms with Crippen molar-refractivity contribution >= 4 is 17.5 Å². The van der Waals surface area contributed by atoms with E-state index in [0.717, 1.165) is 22.6 Å². The first-order valence-corrected chi connectivity index (χ1v) is 11.0. The Hall–Kier alpha value is -3.69. The minimum absolute atomic E-state index is 0.0746. The fraction of sp³-hybridized carbons (Fsp3) is 0.320. The van der Waals surface area contributed by atoms with Gasteiger partial charge in [-0.1, -0.05) is 24.3 Å². The Labute approximate surface area is 197 Å². The molecule has 3 aromatic rings. The number of hydrogen-bond acceptors (Lipinski definition) is 6. The summed E-state index contributed by atoms with van der Waals surface area (Å²) in [5.74, 6) is 0.259. The molecule has 0 bridgehead atoms. The maximum atomic E-state index is 12.6. The van der Waals surface area contributed by atoms with E-state index in [0.29, 0.717) is 17.9 Å². The molecule has 0 aliphatic carbocycles. The highest BCUT2D eigenvalue weighted by atomic mass is 16.5. The van der Waals surface area contributed by atoms with E-state index in [1.807, 2.05) is 43.3 Å². The molecule has 9 heteroatoms. The Morgan fingerprint density at radius 2 is 1.91 bits per heavy atom. The fourth-order valence-corrected chi connectivity index (χ4v) is 3.97. The standard InChI is InChI=1S/C25H28N4O5/c1-16-12-21(27-28(16)2)25(32)26-19-8-6-18(7-9-19)24-22(14-30)29(23(31)15-34-24)13-17-4-10-20(33-3)11-5-17/h4-12,22,24,30H,13-15H2,1-3H3,(H,26,32). The molecule has 4 rings (SSSR count). The third-order valence-corrected chi connectivity index (χ3v) is 6.00. The number of morpholine rings is 1. The second kappa shape index (κ2) is 10.1. The lowest BCUT2D eigenvalue weighted by atomic mass is 9.98. The number of anilines is 1. The van der Waals surface area contributed by atoms with Crippen molar-refractivity contribution < 1.29 is 24.2 Å². The van der Waals surface area contributed by atoms with Crippen LogP contribution < -0.4 is 10.1 Å². The molecule has 2 unspecified atom stereocenters. The largest absolute Gasteiger partial charge is 0.497 e. The molecule has 9 nitrogen and oxygen atoms in total. The number of nitrogens with one attached hydrogen (secondary N) is 1. The van der Waals surface area contributed by atoms with Crippen molar-refractivity contribution in [2.45, 2.75) is 25.6 Å². The van der Waals surface area contributed by atoms with Gasteiger partial charge in [0.25, 0.3) is 5.91 Å². The Bertz CT molecular complexity index is 1140. The average Bonchev–Trinajstić information content (AvgIpc) is 3.19. The van der Waals surface area contributed by atoms with Crippen LogP contribution in [-0.2, 0) is 23.1 Å². The number of aryl methyl sites for hydroxylation is 2. The summed E-state index contributed by atoms with van der Waals surface area (Å²) in [7, 11) is 3.38. The molecule has 1 fully saturated rings. The normalized spacial score (nSPS) is 18.1. The van der Waals surface area contributed by atoms with Crippen molar-refractivity contribution in [3.63, 3.8) is 0 Å². The van der Waals surface area contributed by atoms with Gasteiger partial charge >= 0.3 is 0 Å². The number of hydrogen-bond donors (Lipinski definition) is 2. The van der Waals surface area contributed by atoms with Gasteiger partial charge in [-0.25, -0.2) is 0 Å². The maximum Gasteiger partial charge on any atom is 0.276 e. The quantitative estimate of drug-likeness (QED) is 0.557. The van der Waals surface area contributed by atoms with Gasteiger partial charge in [-0.3, -0.25) is 14.3 Å². The Morgan fingerprint density at radius 1 is 1.21 bits per heavy atom. The van der Waals surface area contributed by atoms with Crippen LogP contribution in [0.4, 0.5) is 5.69 Å². The molecule has 1 aromatic heterocycles. The number of rotatable bonds is 7. The fourth-order valence-electron chi connectivity index (χ4n) is 3.97. The molecule has 0 spiro atoms. The molecule has 1 saturated heterocycles. The smallest absolute Gasteiger partial charge is 0.276 e. The summed E-state index contributed by atoms with van der Waals surface area (Å²) < 4.78 is 12.7. The zero-order valence-electron chi connectivity index (χ0n) is 19.4. The minimum atomic E-state index is -0.541. The molecule has 34 heavy (non-hydrogen) atoms. The molecule has 178 valence electrons. The van der Waals surface area contributed by atoms with Crippen LogP contribution in [0.1, 0.15) is 33.4 Å². The summed E-state index contributed by atoms with van der Waals surface area (Å²) in [6.45, 7) is 1.91. The monoisotopic (exact) mass is 464 g/mol. The molecule has 1 aliphatic heterocycles. The number of benzene rings is 2. The number of aliphatic hydroxyl groups is 1. The topological polar surface area (TPSA) is 106 Å². The van der Waals surface area contributed by atoms with Gasteiger partial charge in [-0.05, 0) is 48.4 Å². The lowest BCUT2D eigenvalue weighted by molar-refractivity contribution is -0.162. The maximum absolute atomic E-state index is 12.6. The molecule has 2 amide bonds. The average molecular weight is 465 g/mol. The minimum Gasteiger partial charge on any atom is -0.497 e. The van der Waals surface area contributed by atoms with Crippen molar-refractivity contribution in [3.05, 3.63) is 77.1 Å². The first kappa shape index (κ1) is 23.5. The number of aliphatic hydroxyl groups excluding tert-OH is 1. The lowest BCUT2D eigenvalue weighted by Crippen LogP contribution is -2.52. The van der Waals surface area contributed by atoms with Gasteiger partial charge in [0.2, 0.25) is 5.91 Å². The van der Waals surface area contributed by atoms with Gasteiger partial charge in [0.15, 0.2) is 5.69 Å². The molecule has 0 radical (unpaired) electrons. The van der Waals surface area contributed by atoms with Crippen LogP contribution in [0.3, 0.4) is 0 Å². The summed E-state index contributed by atoms with van der Waals surface area (Å²) in [5.41, 5.74) is 3.57. The summed E-state index contributed by atoms with van der Waals surface area (Å²) in [6.07, 6.45) is -0.496. The highest BCUT2D eigenvalue weighted by Crippen LogP contribution is 2.31. The Kier molecular flexibility index (Phi) is 6.95. The van der Waals surface area contributed by atoms with E-state index in [1.165, 1.54) is 0 Å². The van der Waals surface area contributed by atoms with Crippen LogP contribution in [-0.4, -0.2) is 58.0 Å². The second-order valence-electron chi connectivity index (χ2n) is 8.22. The molecular formula is C25H28N4O5. The number of amides is 2. The highest BCUT2D eigenvalue weighted by molar-refractivity contribution is 6.02. The predicted molar refractivity (Wildman–Crippen MR) is 125 cm³/mol. The molecule has 2 heterocycles. The van der Waals surface area contributed by atoms with E-state index in [1.54, 1.807) is 41.9 Å². The van der Waals surface area contributed by atoms with Crippen molar-refractivity contribution in [2.24, 2.45) is 7.05 Å². The van der Waals surface area contributed by atoms with Crippen molar-refractivity contribution in [1.82, 2.24) is 14.7 Å². The Morgan fingerprint density at radius 3 is 2.50 bits per heavy atom. The molecule has 0 saturated carbocycles. The summed E-state index contributed by atoms with van der Waals surface area (Å²) in [6, 6.07) is 15.8. The number of nitrogens with zero attached hydrogens (tertiary/aromatic N) is 3. The van der Waals surface area contributed by atoms with Crippen LogP contribution in [0.15, 0.2) is 54.6 Å². The molecule has 2 atom stereocenters. The second-order valence-corrected chi connectivity index (χ2v) is 8.22. The van der Waals surface area contributed by atoms with Crippen LogP contribution in [0, 0.1) is 6.92 Å². The van der Waals surface area contributed by atoms with E-state index in [2.05, 4.69) is 10.4 Å². The zero-order valence-corrected chi connectivity index (χ0v) is 19.4. The van der Waals surface area contributed by atoms with Crippen LogP contribution in [0.25, 0.3) is 0 Å². The van der Waals surface area contributed by atoms with E-state index in [4.69, 9.17) is 9.47 Å². The summed E-state index contributed by atoms with van der Waals surface area (Å²) in [4.78, 5) is 26.7. The lowest BCUT2D eigenvalue weighted by Gasteiger charge is -2.40. The molecular weight excluding hydrogens is 436 g/mol. The number of carbonyl (C=O) groups is 2. The third kappa shape index (κ3) is 4.95. The van der Waals surface area contributed by atoms with Gasteiger partial charge in [0.1, 0.15) is 18.5 Å². The van der Waals surface area contributed by atoms with Crippen LogP contribution in [0.2, 0.25) is 0 Å². The van der Waals surface area contributed by atoms with Gasteiger partial charge < -0.3 is 24.8 Å². The predicted octanol–water partition coefficient (Wildman–Crippen LogP) is 2.45. The summed E-state index contributed by atoms with van der Waals surface area (Å²) in [5, 5.41) is 17.2. The van der Waals surface area contributed by atoms with Crippen molar-refractivity contribution in [1.29, 1.82) is 0 Å². The number of carbonyl (C=O) groups excluding carboxylic acids is 2. The third-order valence-electron chi connectivity index (χ3n) is 6.00. The molecule has 2 N–H and O–H groups in total. The van der Waals surface area contributed by atoms with Crippen LogP contribution >= 0.6 is 0 Å². The highest BCUT2D eigenvalue weighted by Gasteiger charge is 2.37. The zero-order chi connectivity index (χ0) is 24.2. The number of aromatic nitrogens is 2. The number of methoxy groups -OCH3 is 1. The first-order valence-electron chi connectivity index (χ1n) is 11.0. The SMILES string of the molecule is COc1ccc(CN2C(=O)COC(c3ccc(NC(=O)c4cc(C)n(C)n4)cc3)C2CO)cc1. The van der Waals surface area contributed by atoms with Crippen molar-refractivity contribution in [3.8, 4) is 5.75 Å². The molecule has 1 aliphatic rings. The first-order chi connectivity index (χ1) is 16.4.